The van der Waals surface area contributed by atoms with E-state index < -0.39 is 0 Å². The molecule has 0 aliphatic rings. The molecule has 0 aliphatic heterocycles. The number of aromatic amines is 1. The molecule has 0 saturated carbocycles. The van der Waals surface area contributed by atoms with E-state index in [0.29, 0.717) is 10.0 Å². The second kappa shape index (κ2) is 3.64. The summed E-state index contributed by atoms with van der Waals surface area (Å²) in [6.07, 6.45) is 1.77. The van der Waals surface area contributed by atoms with Gasteiger partial charge in [0.05, 0.1) is 16.2 Å². The first-order chi connectivity index (χ1) is 6.68. The largest absolute Gasteiger partial charge is 0.282 e. The number of nitrogens with zero attached hydrogens (tertiary/aromatic N) is 1. The van der Waals surface area contributed by atoms with Gasteiger partial charge in [0.2, 0.25) is 0 Å². The molecule has 1 N–H and O–H groups in total. The Morgan fingerprint density at radius 2 is 2.00 bits per heavy atom. The molecule has 0 aliphatic carbocycles. The van der Waals surface area contributed by atoms with Crippen molar-refractivity contribution in [2.24, 2.45) is 0 Å². The highest BCUT2D eigenvalue weighted by atomic mass is 35.5. The molecular formula is C10H8Cl2N2. The minimum Gasteiger partial charge on any atom is -0.282 e. The molecule has 2 rings (SSSR count). The number of halogens is 2. The number of nitrogens with one attached hydrogen (secondary N) is 1. The molecule has 0 fully saturated rings. The van der Waals surface area contributed by atoms with E-state index in [2.05, 4.69) is 10.2 Å². The zero-order valence-corrected chi connectivity index (χ0v) is 9.02. The van der Waals surface area contributed by atoms with Crippen molar-refractivity contribution in [3.8, 4) is 11.1 Å². The topological polar surface area (TPSA) is 28.7 Å². The smallest absolute Gasteiger partial charge is 0.0598 e. The van der Waals surface area contributed by atoms with Crippen molar-refractivity contribution < 1.29 is 0 Å². The third kappa shape index (κ3) is 1.63. The third-order valence-corrected chi connectivity index (χ3v) is 2.80. The zero-order valence-electron chi connectivity index (χ0n) is 7.51. The summed E-state index contributed by atoms with van der Waals surface area (Å²) in [5.41, 5.74) is 3.08. The molecule has 0 spiro atoms. The van der Waals surface area contributed by atoms with Gasteiger partial charge in [-0.05, 0) is 24.6 Å². The van der Waals surface area contributed by atoms with Crippen LogP contribution in [-0.4, -0.2) is 10.2 Å². The van der Waals surface area contributed by atoms with Crippen LogP contribution in [0.2, 0.25) is 10.0 Å². The summed E-state index contributed by atoms with van der Waals surface area (Å²) in [5.74, 6) is 0. The van der Waals surface area contributed by atoms with E-state index in [0.717, 1.165) is 16.8 Å². The van der Waals surface area contributed by atoms with Gasteiger partial charge in [-0.25, -0.2) is 0 Å². The predicted molar refractivity (Wildman–Crippen MR) is 58.8 cm³/mol. The molecule has 0 radical (unpaired) electrons. The molecular weight excluding hydrogens is 219 g/mol. The van der Waals surface area contributed by atoms with Crippen molar-refractivity contribution in [3.63, 3.8) is 0 Å². The van der Waals surface area contributed by atoms with Crippen molar-refractivity contribution in [3.05, 3.63) is 40.1 Å². The maximum Gasteiger partial charge on any atom is 0.0598 e. The van der Waals surface area contributed by atoms with Gasteiger partial charge in [-0.3, -0.25) is 5.10 Å². The summed E-state index contributed by atoms with van der Waals surface area (Å²) >= 11 is 11.7. The highest BCUT2D eigenvalue weighted by Crippen LogP contribution is 2.29. The normalized spacial score (nSPS) is 10.5. The molecule has 0 unspecified atom stereocenters. The molecule has 2 aromatic rings. The first-order valence-corrected chi connectivity index (χ1v) is 4.89. The molecule has 1 aromatic carbocycles. The first kappa shape index (κ1) is 9.56. The fourth-order valence-corrected chi connectivity index (χ4v) is 1.60. The Morgan fingerprint density at radius 1 is 1.21 bits per heavy atom. The van der Waals surface area contributed by atoms with Crippen LogP contribution in [0.3, 0.4) is 0 Å². The van der Waals surface area contributed by atoms with Gasteiger partial charge >= 0.3 is 0 Å². The number of aryl methyl sites for hydroxylation is 1. The minimum atomic E-state index is 0.560. The summed E-state index contributed by atoms with van der Waals surface area (Å²) < 4.78 is 0. The number of benzene rings is 1. The Morgan fingerprint density at radius 3 is 2.57 bits per heavy atom. The van der Waals surface area contributed by atoms with Gasteiger partial charge in [0.1, 0.15) is 0 Å². The monoisotopic (exact) mass is 226 g/mol. The summed E-state index contributed by atoms with van der Waals surface area (Å²) in [5, 5.41) is 7.95. The van der Waals surface area contributed by atoms with Crippen LogP contribution in [0.15, 0.2) is 24.4 Å². The number of hydrogen-bond acceptors (Lipinski definition) is 1. The second-order valence-corrected chi connectivity index (χ2v) is 3.85. The Balaban J connectivity index is 2.53. The van der Waals surface area contributed by atoms with Gasteiger partial charge in [-0.15, -0.1) is 0 Å². The van der Waals surface area contributed by atoms with Crippen molar-refractivity contribution in [1.82, 2.24) is 10.2 Å². The molecule has 0 atom stereocenters. The van der Waals surface area contributed by atoms with E-state index in [-0.39, 0.29) is 0 Å². The van der Waals surface area contributed by atoms with Crippen molar-refractivity contribution in [2.45, 2.75) is 6.92 Å². The highest BCUT2D eigenvalue weighted by molar-refractivity contribution is 6.42. The van der Waals surface area contributed by atoms with Crippen LogP contribution in [-0.2, 0) is 0 Å². The van der Waals surface area contributed by atoms with E-state index in [1.165, 1.54) is 0 Å². The molecule has 14 heavy (non-hydrogen) atoms. The molecule has 0 bridgehead atoms. The number of rotatable bonds is 1. The second-order valence-electron chi connectivity index (χ2n) is 3.04. The standard InChI is InChI=1S/C10H8Cl2N2/c1-6-8(5-13-14-6)7-2-3-9(11)10(12)4-7/h2-5H,1H3,(H,13,14). The van der Waals surface area contributed by atoms with Gasteiger partial charge in [-0.1, -0.05) is 29.3 Å². The van der Waals surface area contributed by atoms with Crippen LogP contribution in [0.25, 0.3) is 11.1 Å². The van der Waals surface area contributed by atoms with E-state index >= 15 is 0 Å². The summed E-state index contributed by atoms with van der Waals surface area (Å²) in [7, 11) is 0. The number of hydrogen-bond donors (Lipinski definition) is 1. The highest BCUT2D eigenvalue weighted by Gasteiger charge is 2.05. The zero-order chi connectivity index (χ0) is 10.1. The molecule has 1 heterocycles. The third-order valence-electron chi connectivity index (χ3n) is 2.06. The molecule has 72 valence electrons. The summed E-state index contributed by atoms with van der Waals surface area (Å²) in [6.45, 7) is 1.96. The Kier molecular flexibility index (Phi) is 2.48. The fourth-order valence-electron chi connectivity index (χ4n) is 1.31. The Hall–Kier alpha value is -0.990. The lowest BCUT2D eigenvalue weighted by atomic mass is 10.1. The van der Waals surface area contributed by atoms with Crippen LogP contribution in [0.4, 0.5) is 0 Å². The van der Waals surface area contributed by atoms with E-state index in [4.69, 9.17) is 23.2 Å². The van der Waals surface area contributed by atoms with Crippen LogP contribution in [0.1, 0.15) is 5.69 Å². The van der Waals surface area contributed by atoms with Gasteiger partial charge in [0.25, 0.3) is 0 Å². The van der Waals surface area contributed by atoms with E-state index in [1.807, 2.05) is 19.1 Å². The SMILES string of the molecule is Cc1[nH]ncc1-c1ccc(Cl)c(Cl)c1. The fraction of sp³-hybridized carbons (Fsp3) is 0.100. The molecule has 0 saturated heterocycles. The van der Waals surface area contributed by atoms with Gasteiger partial charge < -0.3 is 0 Å². The van der Waals surface area contributed by atoms with Crippen LogP contribution in [0.5, 0.6) is 0 Å². The molecule has 1 aromatic heterocycles. The van der Waals surface area contributed by atoms with Crippen LogP contribution >= 0.6 is 23.2 Å². The number of H-pyrrole nitrogens is 1. The van der Waals surface area contributed by atoms with Crippen LogP contribution < -0.4 is 0 Å². The van der Waals surface area contributed by atoms with Gasteiger partial charge in [0.15, 0.2) is 0 Å². The van der Waals surface area contributed by atoms with Crippen molar-refractivity contribution in [1.29, 1.82) is 0 Å². The number of aromatic nitrogens is 2. The van der Waals surface area contributed by atoms with Crippen LogP contribution in [0, 0.1) is 6.92 Å². The Labute approximate surface area is 91.9 Å². The average molecular weight is 227 g/mol. The molecule has 0 amide bonds. The lowest BCUT2D eigenvalue weighted by molar-refractivity contribution is 1.05. The maximum absolute atomic E-state index is 5.92. The molecule has 4 heteroatoms. The van der Waals surface area contributed by atoms with E-state index in [1.54, 1.807) is 12.3 Å². The summed E-state index contributed by atoms with van der Waals surface area (Å²) in [4.78, 5) is 0. The van der Waals surface area contributed by atoms with Gasteiger partial charge in [0, 0.05) is 11.3 Å². The lowest BCUT2D eigenvalue weighted by Crippen LogP contribution is -1.79. The molecule has 2 nitrogen and oxygen atoms in total. The van der Waals surface area contributed by atoms with Gasteiger partial charge in [-0.2, -0.15) is 5.10 Å². The minimum absolute atomic E-state index is 0.560. The average Bonchev–Trinajstić information content (AvgIpc) is 2.57. The van der Waals surface area contributed by atoms with E-state index in [9.17, 15) is 0 Å². The van der Waals surface area contributed by atoms with Crippen molar-refractivity contribution >= 4 is 23.2 Å². The Bertz CT molecular complexity index is 463. The maximum atomic E-state index is 5.92. The van der Waals surface area contributed by atoms with Crippen molar-refractivity contribution in [2.75, 3.05) is 0 Å². The lowest BCUT2D eigenvalue weighted by Gasteiger charge is -2.01. The summed E-state index contributed by atoms with van der Waals surface area (Å²) in [6, 6.07) is 5.54. The predicted octanol–water partition coefficient (Wildman–Crippen LogP) is 3.69. The quantitative estimate of drug-likeness (QED) is 0.790. The first-order valence-electron chi connectivity index (χ1n) is 4.14.